The summed E-state index contributed by atoms with van der Waals surface area (Å²) in [5.74, 6) is 0.409. The van der Waals surface area contributed by atoms with E-state index >= 15 is 0 Å². The van der Waals surface area contributed by atoms with Crippen LogP contribution in [0.15, 0.2) is 175 Å². The first-order chi connectivity index (χ1) is 26.0. The second kappa shape index (κ2) is 11.3. The number of aromatic nitrogens is 2. The van der Waals surface area contributed by atoms with Crippen molar-refractivity contribution in [1.29, 1.82) is 0 Å². The number of nitrogens with zero attached hydrogens (tertiary/aromatic N) is 2. The Hall–Kier alpha value is -6.38. The van der Waals surface area contributed by atoms with E-state index in [-0.39, 0.29) is 5.41 Å². The van der Waals surface area contributed by atoms with Crippen molar-refractivity contribution in [3.63, 3.8) is 0 Å². The Morgan fingerprint density at radius 3 is 1.92 bits per heavy atom. The third-order valence-corrected chi connectivity index (χ3v) is 12.2. The summed E-state index contributed by atoms with van der Waals surface area (Å²) in [6.45, 7) is 4.82. The maximum absolute atomic E-state index is 2.54. The predicted octanol–water partition coefficient (Wildman–Crippen LogP) is 13.1. The van der Waals surface area contributed by atoms with E-state index < -0.39 is 0 Å². The minimum absolute atomic E-state index is 0.0123. The zero-order chi connectivity index (χ0) is 35.3. The molecular formula is C51H38N2. The molecule has 53 heavy (non-hydrogen) atoms. The molecule has 11 rings (SSSR count). The topological polar surface area (TPSA) is 9.86 Å². The molecule has 0 N–H and O–H groups in total. The zero-order valence-electron chi connectivity index (χ0n) is 29.9. The molecule has 0 spiro atoms. The molecule has 0 saturated heterocycles. The van der Waals surface area contributed by atoms with Gasteiger partial charge in [-0.15, -0.1) is 0 Å². The molecule has 2 nitrogen and oxygen atoms in total. The molecule has 0 aliphatic heterocycles. The lowest BCUT2D eigenvalue weighted by atomic mass is 9.76. The van der Waals surface area contributed by atoms with E-state index in [4.69, 9.17) is 0 Å². The van der Waals surface area contributed by atoms with E-state index in [2.05, 4.69) is 199 Å². The van der Waals surface area contributed by atoms with Crippen LogP contribution in [0.3, 0.4) is 0 Å². The number of rotatable bonds is 4. The highest BCUT2D eigenvalue weighted by Crippen LogP contribution is 2.55. The Bertz CT molecular complexity index is 2920. The number of hydrogen-bond acceptors (Lipinski definition) is 0. The summed E-state index contributed by atoms with van der Waals surface area (Å²) in [5, 5.41) is 3.89. The SMILES string of the molecule is CC1(C)C2=Cc3c(c4ccc(-c5ccccc5)cc4n3-c3ccc(-c4ccc5c(c4)c4ccccc4n5-c4ccccc4)cc3)CC2c2ccccc21. The fraction of sp³-hybridized carbons (Fsp3) is 0.0980. The molecule has 252 valence electrons. The van der Waals surface area contributed by atoms with Crippen LogP contribution in [0.25, 0.3) is 72.4 Å². The van der Waals surface area contributed by atoms with Gasteiger partial charge < -0.3 is 9.13 Å². The van der Waals surface area contributed by atoms with Gasteiger partial charge in [-0.05, 0) is 100.0 Å². The molecule has 0 radical (unpaired) electrons. The summed E-state index contributed by atoms with van der Waals surface area (Å²) < 4.78 is 4.91. The van der Waals surface area contributed by atoms with Gasteiger partial charge in [0.2, 0.25) is 0 Å². The number of para-hydroxylation sites is 2. The molecule has 0 saturated carbocycles. The standard InChI is InChI=1S/C51H38N2/c1-51(2)45-19-11-9-17-39(45)42-31-44-41-27-23-36(33-13-5-3-6-14-33)30-49(41)53(50(44)32-46(42)51)38-25-21-34(22-26-38)35-24-28-48-43(29-35)40-18-10-12-20-47(40)52(48)37-15-7-4-8-16-37/h3-30,32,42H,31H2,1-2H3. The van der Waals surface area contributed by atoms with Crippen LogP contribution in [0.1, 0.15) is 42.1 Å². The summed E-state index contributed by atoms with van der Waals surface area (Å²) in [4.78, 5) is 0. The summed E-state index contributed by atoms with van der Waals surface area (Å²) in [7, 11) is 0. The summed E-state index contributed by atoms with van der Waals surface area (Å²) in [6.07, 6.45) is 3.56. The van der Waals surface area contributed by atoms with Crippen LogP contribution >= 0.6 is 0 Å². The van der Waals surface area contributed by atoms with Crippen molar-refractivity contribution >= 4 is 38.8 Å². The highest BCUT2D eigenvalue weighted by Gasteiger charge is 2.44. The molecule has 1 unspecified atom stereocenters. The van der Waals surface area contributed by atoms with Crippen LogP contribution in [0, 0.1) is 0 Å². The average molecular weight is 679 g/mol. The molecule has 7 aromatic carbocycles. The smallest absolute Gasteiger partial charge is 0.0543 e. The van der Waals surface area contributed by atoms with Gasteiger partial charge in [-0.25, -0.2) is 0 Å². The van der Waals surface area contributed by atoms with E-state index in [0.29, 0.717) is 5.92 Å². The van der Waals surface area contributed by atoms with E-state index in [1.165, 1.54) is 94.3 Å². The fourth-order valence-corrected chi connectivity index (χ4v) is 9.62. The van der Waals surface area contributed by atoms with Crippen LogP contribution in [0.4, 0.5) is 0 Å². The maximum atomic E-state index is 2.54. The second-order valence-corrected chi connectivity index (χ2v) is 15.3. The highest BCUT2D eigenvalue weighted by atomic mass is 15.0. The molecule has 0 amide bonds. The Balaban J connectivity index is 1.07. The molecule has 1 atom stereocenters. The molecule has 0 fully saturated rings. The van der Waals surface area contributed by atoms with Crippen molar-refractivity contribution in [1.82, 2.24) is 9.13 Å². The van der Waals surface area contributed by atoms with E-state index in [0.717, 1.165) is 6.42 Å². The quantitative estimate of drug-likeness (QED) is 0.175. The Kier molecular flexibility index (Phi) is 6.46. The highest BCUT2D eigenvalue weighted by molar-refractivity contribution is 6.10. The molecule has 2 aliphatic rings. The van der Waals surface area contributed by atoms with Gasteiger partial charge in [-0.2, -0.15) is 0 Å². The lowest BCUT2D eigenvalue weighted by Crippen LogP contribution is -2.19. The van der Waals surface area contributed by atoms with Gasteiger partial charge in [0.1, 0.15) is 0 Å². The van der Waals surface area contributed by atoms with Crippen molar-refractivity contribution in [2.45, 2.75) is 31.6 Å². The first-order valence-electron chi connectivity index (χ1n) is 18.8. The Labute approximate surface area is 309 Å². The normalized spacial score (nSPS) is 15.7. The van der Waals surface area contributed by atoms with E-state index in [1.54, 1.807) is 0 Å². The molecule has 0 bridgehead atoms. The molecule has 2 aromatic heterocycles. The third kappa shape index (κ3) is 4.45. The van der Waals surface area contributed by atoms with Crippen LogP contribution in [-0.4, -0.2) is 9.13 Å². The molecule has 9 aromatic rings. The van der Waals surface area contributed by atoms with Crippen molar-refractivity contribution in [2.75, 3.05) is 0 Å². The van der Waals surface area contributed by atoms with Gasteiger partial charge in [0.15, 0.2) is 0 Å². The van der Waals surface area contributed by atoms with Crippen LogP contribution in [0.2, 0.25) is 0 Å². The van der Waals surface area contributed by atoms with Gasteiger partial charge in [0.25, 0.3) is 0 Å². The van der Waals surface area contributed by atoms with Crippen LogP contribution in [0.5, 0.6) is 0 Å². The van der Waals surface area contributed by atoms with Crippen LogP contribution < -0.4 is 0 Å². The number of hydrogen-bond donors (Lipinski definition) is 0. The van der Waals surface area contributed by atoms with Crippen molar-refractivity contribution in [3.05, 3.63) is 198 Å². The number of fused-ring (bicyclic) bond motifs is 9. The van der Waals surface area contributed by atoms with Crippen molar-refractivity contribution < 1.29 is 0 Å². The second-order valence-electron chi connectivity index (χ2n) is 15.3. The third-order valence-electron chi connectivity index (χ3n) is 12.2. The maximum Gasteiger partial charge on any atom is 0.0543 e. The van der Waals surface area contributed by atoms with E-state index in [1.807, 2.05) is 0 Å². The van der Waals surface area contributed by atoms with Gasteiger partial charge >= 0.3 is 0 Å². The molecule has 2 aliphatic carbocycles. The molecule has 2 heterocycles. The first-order valence-corrected chi connectivity index (χ1v) is 18.8. The van der Waals surface area contributed by atoms with Gasteiger partial charge in [0.05, 0.1) is 22.2 Å². The Morgan fingerprint density at radius 2 is 1.09 bits per heavy atom. The average Bonchev–Trinajstić information content (AvgIpc) is 3.80. The largest absolute Gasteiger partial charge is 0.310 e. The number of benzene rings is 7. The van der Waals surface area contributed by atoms with E-state index in [9.17, 15) is 0 Å². The molecule has 2 heteroatoms. The summed E-state index contributed by atoms with van der Waals surface area (Å²) >= 11 is 0. The van der Waals surface area contributed by atoms with Gasteiger partial charge in [-0.1, -0.05) is 141 Å². The van der Waals surface area contributed by atoms with Crippen molar-refractivity contribution in [2.24, 2.45) is 0 Å². The summed E-state index contributed by atoms with van der Waals surface area (Å²) in [5.41, 5.74) is 18.3. The fourth-order valence-electron chi connectivity index (χ4n) is 9.62. The first kappa shape index (κ1) is 30.3. The minimum Gasteiger partial charge on any atom is -0.310 e. The monoisotopic (exact) mass is 678 g/mol. The molecular weight excluding hydrogens is 641 g/mol. The van der Waals surface area contributed by atoms with Gasteiger partial charge in [-0.3, -0.25) is 0 Å². The van der Waals surface area contributed by atoms with Gasteiger partial charge in [0, 0.05) is 38.9 Å². The van der Waals surface area contributed by atoms with Crippen LogP contribution in [-0.2, 0) is 11.8 Å². The zero-order valence-corrected chi connectivity index (χ0v) is 29.9. The summed E-state index contributed by atoms with van der Waals surface area (Å²) in [6, 6.07) is 62.6. The lowest BCUT2D eigenvalue weighted by Gasteiger charge is -2.28. The Morgan fingerprint density at radius 1 is 0.472 bits per heavy atom. The minimum atomic E-state index is -0.0123. The lowest BCUT2D eigenvalue weighted by molar-refractivity contribution is 0.613. The van der Waals surface area contributed by atoms with Crippen molar-refractivity contribution in [3.8, 4) is 33.6 Å². The predicted molar refractivity (Wildman–Crippen MR) is 222 cm³/mol. The number of allylic oxidation sites excluding steroid dienone is 1.